The average molecular weight is 258 g/mol. The molecule has 5 nitrogen and oxygen atoms in total. The Morgan fingerprint density at radius 2 is 2.21 bits per heavy atom. The van der Waals surface area contributed by atoms with Crippen LogP contribution in [0, 0.1) is 6.92 Å². The lowest BCUT2D eigenvalue weighted by Gasteiger charge is -2.11. The first-order valence-corrected chi connectivity index (χ1v) is 6.38. The number of anilines is 1. The van der Waals surface area contributed by atoms with E-state index in [1.165, 1.54) is 11.9 Å². The Morgan fingerprint density at radius 1 is 1.32 bits per heavy atom. The topological polar surface area (TPSA) is 59.9 Å². The second kappa shape index (κ2) is 6.68. The molecule has 0 aromatic carbocycles. The van der Waals surface area contributed by atoms with Gasteiger partial charge < -0.3 is 10.1 Å². The Balaban J connectivity index is 1.94. The van der Waals surface area contributed by atoms with Crippen LogP contribution in [0.3, 0.4) is 0 Å². The monoisotopic (exact) mass is 258 g/mol. The Labute approximate surface area is 113 Å². The second-order valence-electron chi connectivity index (χ2n) is 4.12. The van der Waals surface area contributed by atoms with E-state index < -0.39 is 0 Å². The maximum Gasteiger partial charge on any atom is 0.221 e. The molecule has 0 saturated heterocycles. The van der Waals surface area contributed by atoms with Crippen molar-refractivity contribution in [1.82, 2.24) is 15.0 Å². The zero-order valence-corrected chi connectivity index (χ0v) is 11.3. The first kappa shape index (κ1) is 13.3. The zero-order chi connectivity index (χ0) is 13.5. The molecule has 5 heteroatoms. The predicted octanol–water partition coefficient (Wildman–Crippen LogP) is 2.23. The summed E-state index contributed by atoms with van der Waals surface area (Å²) < 4.78 is 5.44. The molecule has 0 radical (unpaired) electrons. The molecule has 2 rings (SSSR count). The van der Waals surface area contributed by atoms with Crippen molar-refractivity contribution in [2.75, 3.05) is 18.5 Å². The first-order chi connectivity index (χ1) is 9.31. The molecular weight excluding hydrogens is 240 g/mol. The molecule has 2 heterocycles. The quantitative estimate of drug-likeness (QED) is 0.861. The molecule has 0 aliphatic heterocycles. The van der Waals surface area contributed by atoms with Gasteiger partial charge in [-0.05, 0) is 31.9 Å². The van der Waals surface area contributed by atoms with Gasteiger partial charge in [0.25, 0.3) is 0 Å². The molecule has 0 fully saturated rings. The van der Waals surface area contributed by atoms with E-state index in [1.807, 2.05) is 26.1 Å². The lowest BCUT2D eigenvalue weighted by atomic mass is 10.2. The van der Waals surface area contributed by atoms with Crippen molar-refractivity contribution >= 4 is 5.82 Å². The number of hydrogen-bond donors (Lipinski definition) is 1. The highest BCUT2D eigenvalue weighted by Gasteiger charge is 2.06. The molecule has 0 aliphatic carbocycles. The van der Waals surface area contributed by atoms with Crippen molar-refractivity contribution in [3.05, 3.63) is 42.0 Å². The third-order valence-electron chi connectivity index (χ3n) is 2.75. The van der Waals surface area contributed by atoms with Crippen LogP contribution in [-0.4, -0.2) is 28.1 Å². The number of pyridine rings is 1. The average Bonchev–Trinajstić information content (AvgIpc) is 2.44. The molecule has 100 valence electrons. The van der Waals surface area contributed by atoms with Crippen LogP contribution in [0.1, 0.15) is 18.1 Å². The molecule has 0 atom stereocenters. The highest BCUT2D eigenvalue weighted by molar-refractivity contribution is 5.47. The maximum atomic E-state index is 5.44. The van der Waals surface area contributed by atoms with Crippen LogP contribution >= 0.6 is 0 Å². The number of hydrogen-bond acceptors (Lipinski definition) is 5. The molecule has 2 aromatic rings. The van der Waals surface area contributed by atoms with Crippen LogP contribution in [0.5, 0.6) is 5.88 Å². The molecule has 19 heavy (non-hydrogen) atoms. The highest BCUT2D eigenvalue weighted by atomic mass is 16.5. The van der Waals surface area contributed by atoms with Crippen LogP contribution in [0.4, 0.5) is 5.82 Å². The number of ether oxygens (including phenoxy) is 1. The summed E-state index contributed by atoms with van der Waals surface area (Å²) in [5.41, 5.74) is 2.14. The van der Waals surface area contributed by atoms with Gasteiger partial charge in [0.15, 0.2) is 0 Å². The van der Waals surface area contributed by atoms with Gasteiger partial charge in [0.1, 0.15) is 12.1 Å². The minimum atomic E-state index is 0.604. The van der Waals surface area contributed by atoms with Crippen LogP contribution in [0.25, 0.3) is 0 Å². The SMILES string of the molecule is CCOc1ncnc(NCCc2cccnc2)c1C. The van der Waals surface area contributed by atoms with E-state index in [0.717, 1.165) is 24.3 Å². The van der Waals surface area contributed by atoms with Crippen molar-refractivity contribution in [2.24, 2.45) is 0 Å². The molecule has 0 amide bonds. The lowest BCUT2D eigenvalue weighted by Crippen LogP contribution is -2.09. The van der Waals surface area contributed by atoms with Crippen LogP contribution < -0.4 is 10.1 Å². The summed E-state index contributed by atoms with van der Waals surface area (Å²) in [6.07, 6.45) is 6.08. The summed E-state index contributed by atoms with van der Waals surface area (Å²) in [5.74, 6) is 1.46. The van der Waals surface area contributed by atoms with Crippen molar-refractivity contribution in [3.63, 3.8) is 0 Å². The third-order valence-corrected chi connectivity index (χ3v) is 2.75. The van der Waals surface area contributed by atoms with E-state index in [-0.39, 0.29) is 0 Å². The van der Waals surface area contributed by atoms with E-state index in [0.29, 0.717) is 12.5 Å². The van der Waals surface area contributed by atoms with Crippen molar-refractivity contribution in [2.45, 2.75) is 20.3 Å². The first-order valence-electron chi connectivity index (χ1n) is 6.38. The standard InChI is InChI=1S/C14H18N4O/c1-3-19-14-11(2)13(17-10-18-14)16-8-6-12-5-4-7-15-9-12/h4-5,7,9-10H,3,6,8H2,1-2H3,(H,16,17,18). The fourth-order valence-corrected chi connectivity index (χ4v) is 1.77. The fourth-order valence-electron chi connectivity index (χ4n) is 1.77. The summed E-state index contributed by atoms with van der Waals surface area (Å²) in [6, 6.07) is 4.01. The normalized spacial score (nSPS) is 10.2. The zero-order valence-electron chi connectivity index (χ0n) is 11.3. The van der Waals surface area contributed by atoms with E-state index in [4.69, 9.17) is 4.74 Å². The van der Waals surface area contributed by atoms with Gasteiger partial charge in [0, 0.05) is 18.9 Å². The van der Waals surface area contributed by atoms with Crippen LogP contribution in [-0.2, 0) is 6.42 Å². The smallest absolute Gasteiger partial charge is 0.221 e. The van der Waals surface area contributed by atoms with Gasteiger partial charge in [-0.3, -0.25) is 4.98 Å². The van der Waals surface area contributed by atoms with Gasteiger partial charge in [-0.1, -0.05) is 6.07 Å². The summed E-state index contributed by atoms with van der Waals surface area (Å²) in [4.78, 5) is 12.4. The number of rotatable bonds is 6. The van der Waals surface area contributed by atoms with Gasteiger partial charge in [-0.15, -0.1) is 0 Å². The Kier molecular flexibility index (Phi) is 4.66. The molecule has 0 bridgehead atoms. The fraction of sp³-hybridized carbons (Fsp3) is 0.357. The number of aromatic nitrogens is 3. The molecule has 0 aliphatic rings. The Morgan fingerprint density at radius 3 is 2.95 bits per heavy atom. The molecule has 1 N–H and O–H groups in total. The number of nitrogens with zero attached hydrogens (tertiary/aromatic N) is 3. The molecule has 0 unspecified atom stereocenters. The van der Waals surface area contributed by atoms with Gasteiger partial charge in [-0.2, -0.15) is 0 Å². The van der Waals surface area contributed by atoms with Crippen LogP contribution in [0.2, 0.25) is 0 Å². The number of nitrogens with one attached hydrogen (secondary N) is 1. The van der Waals surface area contributed by atoms with E-state index in [1.54, 1.807) is 6.20 Å². The predicted molar refractivity (Wildman–Crippen MR) is 74.4 cm³/mol. The highest BCUT2D eigenvalue weighted by Crippen LogP contribution is 2.20. The van der Waals surface area contributed by atoms with Gasteiger partial charge in [-0.25, -0.2) is 9.97 Å². The van der Waals surface area contributed by atoms with Gasteiger partial charge in [0.2, 0.25) is 5.88 Å². The minimum absolute atomic E-state index is 0.604. The van der Waals surface area contributed by atoms with E-state index >= 15 is 0 Å². The molecule has 0 saturated carbocycles. The minimum Gasteiger partial charge on any atom is -0.478 e. The van der Waals surface area contributed by atoms with Gasteiger partial charge in [0.05, 0.1) is 12.2 Å². The van der Waals surface area contributed by atoms with Crippen LogP contribution in [0.15, 0.2) is 30.9 Å². The Hall–Kier alpha value is -2.17. The van der Waals surface area contributed by atoms with Crippen molar-refractivity contribution in [1.29, 1.82) is 0 Å². The summed E-state index contributed by atoms with van der Waals surface area (Å²) in [7, 11) is 0. The van der Waals surface area contributed by atoms with Gasteiger partial charge >= 0.3 is 0 Å². The summed E-state index contributed by atoms with van der Waals surface area (Å²) in [6.45, 7) is 5.30. The summed E-state index contributed by atoms with van der Waals surface area (Å²) >= 11 is 0. The Bertz CT molecular complexity index is 516. The van der Waals surface area contributed by atoms with Crippen molar-refractivity contribution in [3.8, 4) is 5.88 Å². The third kappa shape index (κ3) is 3.64. The van der Waals surface area contributed by atoms with Crippen molar-refractivity contribution < 1.29 is 4.74 Å². The van der Waals surface area contributed by atoms with E-state index in [9.17, 15) is 0 Å². The maximum absolute atomic E-state index is 5.44. The van der Waals surface area contributed by atoms with E-state index in [2.05, 4.69) is 26.3 Å². The lowest BCUT2D eigenvalue weighted by molar-refractivity contribution is 0.324. The molecule has 2 aromatic heterocycles. The molecular formula is C14H18N4O. The largest absolute Gasteiger partial charge is 0.478 e. The second-order valence-corrected chi connectivity index (χ2v) is 4.12. The molecule has 0 spiro atoms. The summed E-state index contributed by atoms with van der Waals surface area (Å²) in [5, 5.41) is 3.30.